The van der Waals surface area contributed by atoms with Gasteiger partial charge < -0.3 is 0 Å². The van der Waals surface area contributed by atoms with E-state index in [0.717, 1.165) is 0 Å². The Morgan fingerprint density at radius 1 is 1.78 bits per heavy atom. The Kier molecular flexibility index (Phi) is 2.27. The molecular weight excluding hydrogens is 181 g/mol. The maximum Gasteiger partial charge on any atom is 0.243 e. The highest BCUT2D eigenvalue weighted by molar-refractivity contribution is 8.04. The van der Waals surface area contributed by atoms with Crippen molar-refractivity contribution < 1.29 is 4.79 Å². The molecule has 1 aliphatic rings. The first kappa shape index (κ1) is 7.25. The SMILES string of the molecule is O=[C]C1=C(Cl)N(Cl)CS1. The number of carbonyl (C=O) groups excluding carboxylic acids is 1. The van der Waals surface area contributed by atoms with Gasteiger partial charge in [-0.1, -0.05) is 23.4 Å². The molecule has 1 aliphatic heterocycles. The topological polar surface area (TPSA) is 20.3 Å². The van der Waals surface area contributed by atoms with E-state index in [1.54, 1.807) is 6.29 Å². The van der Waals surface area contributed by atoms with Crippen LogP contribution in [0.3, 0.4) is 0 Å². The molecule has 0 aromatic rings. The Morgan fingerprint density at radius 2 is 2.44 bits per heavy atom. The highest BCUT2D eigenvalue weighted by Gasteiger charge is 2.19. The minimum Gasteiger partial charge on any atom is -0.284 e. The lowest BCUT2D eigenvalue weighted by Crippen LogP contribution is -1.99. The van der Waals surface area contributed by atoms with Gasteiger partial charge in [0.2, 0.25) is 6.29 Å². The maximum absolute atomic E-state index is 9.99. The Morgan fingerprint density at radius 3 is 2.67 bits per heavy atom. The summed E-state index contributed by atoms with van der Waals surface area (Å²) in [4.78, 5) is 10.4. The third kappa shape index (κ3) is 1.34. The summed E-state index contributed by atoms with van der Waals surface area (Å²) in [6.45, 7) is 0. The lowest BCUT2D eigenvalue weighted by molar-refractivity contribution is 0.563. The van der Waals surface area contributed by atoms with Crippen LogP contribution >= 0.6 is 35.1 Å². The first-order valence-corrected chi connectivity index (χ1v) is 3.80. The molecule has 1 rings (SSSR count). The molecule has 0 unspecified atom stereocenters. The van der Waals surface area contributed by atoms with Crippen molar-refractivity contribution in [3.63, 3.8) is 0 Å². The monoisotopic (exact) mass is 182 g/mol. The first-order chi connectivity index (χ1) is 4.25. The van der Waals surface area contributed by atoms with Crippen LogP contribution in [0.15, 0.2) is 10.1 Å². The van der Waals surface area contributed by atoms with Crippen molar-refractivity contribution in [2.75, 3.05) is 5.88 Å². The molecule has 0 bridgehead atoms. The van der Waals surface area contributed by atoms with E-state index in [-0.39, 0.29) is 5.16 Å². The fraction of sp³-hybridized carbons (Fsp3) is 0.250. The number of hydrogen-bond acceptors (Lipinski definition) is 3. The van der Waals surface area contributed by atoms with Crippen molar-refractivity contribution in [3.8, 4) is 0 Å². The van der Waals surface area contributed by atoms with Gasteiger partial charge in [0.1, 0.15) is 5.16 Å². The standard InChI is InChI=1S/C4H2Cl2NOS/c5-4-3(1-8)9-2-7(4)6/h2H2. The fourth-order valence-corrected chi connectivity index (χ4v) is 1.69. The molecule has 0 spiro atoms. The average Bonchev–Trinajstić information content (AvgIpc) is 2.15. The molecule has 0 aromatic heterocycles. The summed E-state index contributed by atoms with van der Waals surface area (Å²) in [7, 11) is 0. The van der Waals surface area contributed by atoms with Crippen LogP contribution in [0, 0.1) is 0 Å². The summed E-state index contributed by atoms with van der Waals surface area (Å²) in [5.74, 6) is 0.519. The molecule has 0 aliphatic carbocycles. The molecule has 0 saturated carbocycles. The van der Waals surface area contributed by atoms with E-state index in [1.165, 1.54) is 16.2 Å². The summed E-state index contributed by atoms with van der Waals surface area (Å²) in [5, 5.41) is 0.275. The Bertz CT molecular complexity index is 170. The van der Waals surface area contributed by atoms with Crippen LogP contribution in [-0.2, 0) is 4.79 Å². The summed E-state index contributed by atoms with van der Waals surface area (Å²) in [5.41, 5.74) is 0. The van der Waals surface area contributed by atoms with Crippen LogP contribution in [0.4, 0.5) is 0 Å². The van der Waals surface area contributed by atoms with E-state index in [4.69, 9.17) is 23.4 Å². The second-order valence-corrected chi connectivity index (χ2v) is 3.08. The van der Waals surface area contributed by atoms with E-state index in [0.29, 0.717) is 10.8 Å². The third-order valence-electron chi connectivity index (χ3n) is 0.815. The summed E-state index contributed by atoms with van der Waals surface area (Å²) >= 11 is 12.3. The molecule has 1 radical (unpaired) electrons. The van der Waals surface area contributed by atoms with Gasteiger partial charge in [-0.3, -0.25) is 9.21 Å². The van der Waals surface area contributed by atoms with Crippen molar-refractivity contribution in [2.45, 2.75) is 0 Å². The maximum atomic E-state index is 9.99. The van der Waals surface area contributed by atoms with Crippen molar-refractivity contribution in [1.29, 1.82) is 0 Å². The molecule has 1 heterocycles. The average molecular weight is 183 g/mol. The van der Waals surface area contributed by atoms with E-state index in [2.05, 4.69) is 0 Å². The van der Waals surface area contributed by atoms with E-state index >= 15 is 0 Å². The molecule has 5 heteroatoms. The number of allylic oxidation sites excluding steroid dienone is 1. The van der Waals surface area contributed by atoms with Crippen LogP contribution in [0.2, 0.25) is 0 Å². The van der Waals surface area contributed by atoms with Crippen LogP contribution in [0.1, 0.15) is 0 Å². The van der Waals surface area contributed by atoms with Crippen LogP contribution < -0.4 is 0 Å². The van der Waals surface area contributed by atoms with Gasteiger partial charge in [0, 0.05) is 11.8 Å². The predicted octanol–water partition coefficient (Wildman–Crippen LogP) is 1.66. The molecule has 2 nitrogen and oxygen atoms in total. The molecule has 0 N–H and O–H groups in total. The fourth-order valence-electron chi connectivity index (χ4n) is 0.419. The zero-order valence-electron chi connectivity index (χ0n) is 4.23. The second kappa shape index (κ2) is 2.82. The molecule has 0 atom stereocenters. The zero-order chi connectivity index (χ0) is 6.85. The predicted molar refractivity (Wildman–Crippen MR) is 38.7 cm³/mol. The minimum atomic E-state index is 0.275. The Hall–Kier alpha value is 0.140. The number of rotatable bonds is 1. The van der Waals surface area contributed by atoms with Crippen LogP contribution in [-0.4, -0.2) is 16.6 Å². The number of hydrogen-bond donors (Lipinski definition) is 0. The molecular formula is C4H2Cl2NOS. The Balaban J connectivity index is 2.79. The van der Waals surface area contributed by atoms with Gasteiger partial charge in [0.05, 0.1) is 10.8 Å². The summed E-state index contributed by atoms with van der Waals surface area (Å²) in [6.07, 6.45) is 1.68. The third-order valence-corrected chi connectivity index (χ3v) is 2.79. The van der Waals surface area contributed by atoms with Gasteiger partial charge in [0.15, 0.2) is 0 Å². The van der Waals surface area contributed by atoms with Gasteiger partial charge in [-0.25, -0.2) is 0 Å². The number of thioether (sulfide) groups is 1. The highest BCUT2D eigenvalue weighted by atomic mass is 35.5. The molecule has 0 saturated heterocycles. The summed E-state index contributed by atoms with van der Waals surface area (Å²) < 4.78 is 1.27. The first-order valence-electron chi connectivity index (χ1n) is 2.09. The zero-order valence-corrected chi connectivity index (χ0v) is 6.56. The van der Waals surface area contributed by atoms with Crippen molar-refractivity contribution >= 4 is 41.4 Å². The van der Waals surface area contributed by atoms with Crippen LogP contribution in [0.5, 0.6) is 0 Å². The summed E-state index contributed by atoms with van der Waals surface area (Å²) in [6, 6.07) is 0. The van der Waals surface area contributed by atoms with Gasteiger partial charge in [0.25, 0.3) is 0 Å². The molecule has 0 fully saturated rings. The second-order valence-electron chi connectivity index (χ2n) is 1.36. The lowest BCUT2D eigenvalue weighted by atomic mass is 10.7. The van der Waals surface area contributed by atoms with Gasteiger partial charge in [-0.2, -0.15) is 0 Å². The molecule has 0 aromatic carbocycles. The number of nitrogens with zero attached hydrogens (tertiary/aromatic N) is 1. The largest absolute Gasteiger partial charge is 0.284 e. The molecule has 49 valence electrons. The smallest absolute Gasteiger partial charge is 0.243 e. The molecule has 9 heavy (non-hydrogen) atoms. The number of halogens is 2. The molecule has 0 amide bonds. The Labute approximate surface area is 66.9 Å². The van der Waals surface area contributed by atoms with Crippen LogP contribution in [0.25, 0.3) is 0 Å². The van der Waals surface area contributed by atoms with Gasteiger partial charge >= 0.3 is 0 Å². The van der Waals surface area contributed by atoms with E-state index in [9.17, 15) is 4.79 Å². The highest BCUT2D eigenvalue weighted by Crippen LogP contribution is 2.33. The van der Waals surface area contributed by atoms with E-state index in [1.807, 2.05) is 0 Å². The minimum absolute atomic E-state index is 0.275. The lowest BCUT2D eigenvalue weighted by Gasteiger charge is -2.01. The van der Waals surface area contributed by atoms with Gasteiger partial charge in [-0.05, 0) is 0 Å². The quantitative estimate of drug-likeness (QED) is 0.455. The van der Waals surface area contributed by atoms with Crippen molar-refractivity contribution in [1.82, 2.24) is 4.42 Å². The van der Waals surface area contributed by atoms with Crippen molar-refractivity contribution in [2.24, 2.45) is 0 Å². The van der Waals surface area contributed by atoms with Gasteiger partial charge in [-0.15, -0.1) is 0 Å². The normalized spacial score (nSPS) is 19.1. The van der Waals surface area contributed by atoms with Crippen molar-refractivity contribution in [3.05, 3.63) is 10.1 Å². The van der Waals surface area contributed by atoms with E-state index < -0.39 is 0 Å².